The van der Waals surface area contributed by atoms with Gasteiger partial charge in [0.15, 0.2) is 0 Å². The number of carbonyl (C=O) groups is 1. The fourth-order valence-electron chi connectivity index (χ4n) is 2.40. The van der Waals surface area contributed by atoms with Crippen LogP contribution < -0.4 is 0 Å². The molecule has 0 radical (unpaired) electrons. The van der Waals surface area contributed by atoms with Crippen LogP contribution in [0.5, 0.6) is 0 Å². The van der Waals surface area contributed by atoms with Gasteiger partial charge in [0.25, 0.3) is 0 Å². The Morgan fingerprint density at radius 3 is 2.50 bits per heavy atom. The number of benzene rings is 1. The Hall–Kier alpha value is -0.470. The van der Waals surface area contributed by atoms with Crippen LogP contribution in [-0.4, -0.2) is 61.2 Å². The molecule has 0 saturated carbocycles. The molecule has 24 heavy (non-hydrogen) atoms. The molecule has 0 N–H and O–H groups in total. The van der Waals surface area contributed by atoms with Gasteiger partial charge in [-0.1, -0.05) is 36.2 Å². The van der Waals surface area contributed by atoms with Crippen LogP contribution in [0, 0.1) is 0 Å². The highest BCUT2D eigenvalue weighted by atomic mass is 35.5. The lowest BCUT2D eigenvalue weighted by Crippen LogP contribution is -2.51. The van der Waals surface area contributed by atoms with Gasteiger partial charge in [0.1, 0.15) is 4.90 Å². The second kappa shape index (κ2) is 8.76. The van der Waals surface area contributed by atoms with Crippen molar-refractivity contribution in [2.24, 2.45) is 0 Å². The zero-order valence-corrected chi connectivity index (χ0v) is 16.5. The van der Waals surface area contributed by atoms with Gasteiger partial charge >= 0.3 is 0 Å². The summed E-state index contributed by atoms with van der Waals surface area (Å²) in [6.07, 6.45) is 1.03. The van der Waals surface area contributed by atoms with Gasteiger partial charge in [-0.3, -0.25) is 4.79 Å². The van der Waals surface area contributed by atoms with Crippen molar-refractivity contribution < 1.29 is 13.2 Å². The van der Waals surface area contributed by atoms with Gasteiger partial charge in [0.2, 0.25) is 15.9 Å². The standard InChI is InChI=1S/C15H20Cl2N2O3S2/c1-2-10-23-11-14(20)18-6-8-19(9-7-18)24(21,22)13-5-3-4-12(16)15(13)17/h3-5H,2,6-11H2,1H3. The number of halogens is 2. The lowest BCUT2D eigenvalue weighted by molar-refractivity contribution is -0.129. The van der Waals surface area contributed by atoms with Crippen molar-refractivity contribution in [1.29, 1.82) is 0 Å². The van der Waals surface area contributed by atoms with E-state index in [9.17, 15) is 13.2 Å². The predicted octanol–water partition coefficient (Wildman–Crippen LogP) is 2.97. The number of amides is 1. The lowest BCUT2D eigenvalue weighted by atomic mass is 10.3. The third-order valence-electron chi connectivity index (χ3n) is 3.70. The first-order valence-corrected chi connectivity index (χ1v) is 11.0. The second-order valence-electron chi connectivity index (χ2n) is 5.39. The molecule has 0 atom stereocenters. The Morgan fingerprint density at radius 2 is 1.88 bits per heavy atom. The Balaban J connectivity index is 2.01. The Bertz CT molecular complexity index is 690. The zero-order valence-electron chi connectivity index (χ0n) is 13.4. The van der Waals surface area contributed by atoms with Crippen molar-refractivity contribution in [2.75, 3.05) is 37.7 Å². The van der Waals surface area contributed by atoms with E-state index in [-0.39, 0.29) is 33.9 Å². The van der Waals surface area contributed by atoms with Gasteiger partial charge in [-0.05, 0) is 24.3 Å². The maximum Gasteiger partial charge on any atom is 0.244 e. The summed E-state index contributed by atoms with van der Waals surface area (Å²) < 4.78 is 26.8. The second-order valence-corrected chi connectivity index (χ2v) is 9.19. The summed E-state index contributed by atoms with van der Waals surface area (Å²) in [5.74, 6) is 1.46. The maximum absolute atomic E-state index is 12.7. The fraction of sp³-hybridized carbons (Fsp3) is 0.533. The van der Waals surface area contributed by atoms with Gasteiger partial charge < -0.3 is 4.90 Å². The molecule has 0 spiro atoms. The summed E-state index contributed by atoms with van der Waals surface area (Å²) >= 11 is 13.6. The van der Waals surface area contributed by atoms with E-state index in [1.807, 2.05) is 0 Å². The number of carbonyl (C=O) groups excluding carboxylic acids is 1. The van der Waals surface area contributed by atoms with E-state index in [4.69, 9.17) is 23.2 Å². The van der Waals surface area contributed by atoms with Crippen molar-refractivity contribution in [3.05, 3.63) is 28.2 Å². The molecule has 1 heterocycles. The monoisotopic (exact) mass is 410 g/mol. The first-order chi connectivity index (χ1) is 11.4. The Labute approximate surface area is 157 Å². The lowest BCUT2D eigenvalue weighted by Gasteiger charge is -2.34. The average molecular weight is 411 g/mol. The number of hydrogen-bond acceptors (Lipinski definition) is 4. The zero-order chi connectivity index (χ0) is 17.7. The Kier molecular flexibility index (Phi) is 7.24. The van der Waals surface area contributed by atoms with Crippen molar-refractivity contribution >= 4 is 50.9 Å². The minimum Gasteiger partial charge on any atom is -0.339 e. The fourth-order valence-corrected chi connectivity index (χ4v) is 5.34. The molecular formula is C15H20Cl2N2O3S2. The average Bonchev–Trinajstić information content (AvgIpc) is 2.57. The normalized spacial score (nSPS) is 16.4. The van der Waals surface area contributed by atoms with Gasteiger partial charge in [0.05, 0.1) is 15.8 Å². The van der Waals surface area contributed by atoms with Gasteiger partial charge in [-0.15, -0.1) is 0 Å². The molecule has 1 saturated heterocycles. The molecule has 1 aliphatic rings. The predicted molar refractivity (Wildman–Crippen MR) is 99.4 cm³/mol. The number of piperazine rings is 1. The number of sulfonamides is 1. The molecule has 0 aromatic heterocycles. The van der Waals surface area contributed by atoms with Crippen LogP contribution in [0.15, 0.2) is 23.1 Å². The van der Waals surface area contributed by atoms with Crippen LogP contribution in [0.4, 0.5) is 0 Å². The van der Waals surface area contributed by atoms with Crippen molar-refractivity contribution in [2.45, 2.75) is 18.2 Å². The molecule has 0 unspecified atom stereocenters. The van der Waals surface area contributed by atoms with E-state index in [0.717, 1.165) is 12.2 Å². The summed E-state index contributed by atoms with van der Waals surface area (Å²) in [6, 6.07) is 4.56. The summed E-state index contributed by atoms with van der Waals surface area (Å²) in [4.78, 5) is 13.8. The number of hydrogen-bond donors (Lipinski definition) is 0. The van der Waals surface area contributed by atoms with Crippen LogP contribution in [0.2, 0.25) is 10.0 Å². The minimum absolute atomic E-state index is 0.00921. The third-order valence-corrected chi connectivity index (χ3v) is 7.72. The van der Waals surface area contributed by atoms with Crippen LogP contribution >= 0.6 is 35.0 Å². The van der Waals surface area contributed by atoms with Crippen LogP contribution in [0.1, 0.15) is 13.3 Å². The van der Waals surface area contributed by atoms with E-state index in [0.29, 0.717) is 18.8 Å². The molecular weight excluding hydrogens is 391 g/mol. The molecule has 9 heteroatoms. The largest absolute Gasteiger partial charge is 0.339 e. The minimum atomic E-state index is -3.71. The Morgan fingerprint density at radius 1 is 1.21 bits per heavy atom. The maximum atomic E-state index is 12.7. The molecule has 1 fully saturated rings. The van der Waals surface area contributed by atoms with Crippen molar-refractivity contribution in [3.63, 3.8) is 0 Å². The first-order valence-electron chi connectivity index (χ1n) is 7.67. The van der Waals surface area contributed by atoms with E-state index in [1.165, 1.54) is 10.4 Å². The van der Waals surface area contributed by atoms with Crippen LogP contribution in [0.3, 0.4) is 0 Å². The van der Waals surface area contributed by atoms with E-state index < -0.39 is 10.0 Å². The smallest absolute Gasteiger partial charge is 0.244 e. The molecule has 1 amide bonds. The summed E-state index contributed by atoms with van der Waals surface area (Å²) in [5.41, 5.74) is 0. The van der Waals surface area contributed by atoms with Gasteiger partial charge in [-0.25, -0.2) is 8.42 Å². The molecule has 0 bridgehead atoms. The third kappa shape index (κ3) is 4.58. The van der Waals surface area contributed by atoms with E-state index >= 15 is 0 Å². The van der Waals surface area contributed by atoms with E-state index in [2.05, 4.69) is 6.92 Å². The molecule has 134 valence electrons. The van der Waals surface area contributed by atoms with Crippen LogP contribution in [0.25, 0.3) is 0 Å². The highest BCUT2D eigenvalue weighted by Crippen LogP contribution is 2.31. The van der Waals surface area contributed by atoms with Crippen molar-refractivity contribution in [1.82, 2.24) is 9.21 Å². The first kappa shape index (κ1) is 19.8. The highest BCUT2D eigenvalue weighted by Gasteiger charge is 2.31. The quantitative estimate of drug-likeness (QED) is 0.676. The van der Waals surface area contributed by atoms with Crippen molar-refractivity contribution in [3.8, 4) is 0 Å². The van der Waals surface area contributed by atoms with Gasteiger partial charge in [-0.2, -0.15) is 16.1 Å². The molecule has 1 aromatic rings. The molecule has 1 aromatic carbocycles. The molecule has 1 aliphatic heterocycles. The molecule has 0 aliphatic carbocycles. The summed E-state index contributed by atoms with van der Waals surface area (Å²) in [7, 11) is -3.71. The highest BCUT2D eigenvalue weighted by molar-refractivity contribution is 7.99. The number of rotatable bonds is 6. The summed E-state index contributed by atoms with van der Waals surface area (Å²) in [6.45, 7) is 3.37. The van der Waals surface area contributed by atoms with Gasteiger partial charge in [0, 0.05) is 26.2 Å². The number of thioether (sulfide) groups is 1. The molecule has 5 nitrogen and oxygen atoms in total. The van der Waals surface area contributed by atoms with Crippen LogP contribution in [-0.2, 0) is 14.8 Å². The summed E-state index contributed by atoms with van der Waals surface area (Å²) in [5, 5.41) is 0.244. The van der Waals surface area contributed by atoms with E-state index in [1.54, 1.807) is 28.8 Å². The molecule has 2 rings (SSSR count). The topological polar surface area (TPSA) is 57.7 Å². The number of nitrogens with zero attached hydrogens (tertiary/aromatic N) is 2. The SMILES string of the molecule is CCCSCC(=O)N1CCN(S(=O)(=O)c2cccc(Cl)c2Cl)CC1.